The van der Waals surface area contributed by atoms with Gasteiger partial charge in [0.25, 0.3) is 0 Å². The highest BCUT2D eigenvalue weighted by atomic mass is 19.1. The first-order valence-electron chi connectivity index (χ1n) is 5.72. The molecule has 0 aromatic heterocycles. The smallest absolute Gasteiger partial charge is 0.126 e. The molecule has 0 saturated heterocycles. The van der Waals surface area contributed by atoms with Crippen LogP contribution in [0.3, 0.4) is 0 Å². The molecule has 1 aliphatic carbocycles. The number of rotatable bonds is 1. The van der Waals surface area contributed by atoms with Crippen molar-refractivity contribution in [2.75, 3.05) is 0 Å². The molecular formula is C13H16F2. The molecule has 1 fully saturated rings. The first kappa shape index (κ1) is 10.6. The van der Waals surface area contributed by atoms with E-state index in [9.17, 15) is 8.78 Å². The van der Waals surface area contributed by atoms with Crippen molar-refractivity contribution in [1.82, 2.24) is 0 Å². The molecule has 2 rings (SSSR count). The second kappa shape index (κ2) is 4.73. The van der Waals surface area contributed by atoms with E-state index < -0.39 is 11.6 Å². The van der Waals surface area contributed by atoms with Crippen molar-refractivity contribution in [1.29, 1.82) is 0 Å². The van der Waals surface area contributed by atoms with Crippen molar-refractivity contribution < 1.29 is 8.78 Å². The standard InChI is InChI=1S/C13H16F2/c14-12-7-11(8-13(15)9-12)10-5-3-1-2-4-6-10/h7-10H,1-6H2. The van der Waals surface area contributed by atoms with Gasteiger partial charge in [0.2, 0.25) is 0 Å². The minimum atomic E-state index is -0.450. The Labute approximate surface area is 89.3 Å². The Morgan fingerprint density at radius 3 is 1.87 bits per heavy atom. The molecule has 0 bridgehead atoms. The first-order chi connectivity index (χ1) is 7.25. The van der Waals surface area contributed by atoms with Crippen LogP contribution in [0, 0.1) is 11.6 Å². The number of hydrogen-bond donors (Lipinski definition) is 0. The van der Waals surface area contributed by atoms with E-state index in [0.29, 0.717) is 5.92 Å². The van der Waals surface area contributed by atoms with Crippen molar-refractivity contribution in [3.8, 4) is 0 Å². The summed E-state index contributed by atoms with van der Waals surface area (Å²) >= 11 is 0. The summed E-state index contributed by atoms with van der Waals surface area (Å²) in [5.41, 5.74) is 0.842. The fourth-order valence-electron chi connectivity index (χ4n) is 2.42. The summed E-state index contributed by atoms with van der Waals surface area (Å²) in [5, 5.41) is 0. The molecule has 0 N–H and O–H groups in total. The molecule has 0 nitrogen and oxygen atoms in total. The highest BCUT2D eigenvalue weighted by molar-refractivity contribution is 5.22. The summed E-state index contributed by atoms with van der Waals surface area (Å²) in [5.74, 6) is -0.541. The van der Waals surface area contributed by atoms with Crippen LogP contribution in [0.2, 0.25) is 0 Å². The van der Waals surface area contributed by atoms with Crippen LogP contribution >= 0.6 is 0 Å². The molecule has 0 unspecified atom stereocenters. The van der Waals surface area contributed by atoms with E-state index in [1.54, 1.807) is 0 Å². The maximum Gasteiger partial charge on any atom is 0.126 e. The zero-order valence-corrected chi connectivity index (χ0v) is 8.81. The molecule has 0 heterocycles. The number of hydrogen-bond acceptors (Lipinski definition) is 0. The van der Waals surface area contributed by atoms with Gasteiger partial charge in [-0.3, -0.25) is 0 Å². The minimum absolute atomic E-state index is 0.359. The van der Waals surface area contributed by atoms with Crippen LogP contribution in [0.25, 0.3) is 0 Å². The van der Waals surface area contributed by atoms with Crippen molar-refractivity contribution in [3.63, 3.8) is 0 Å². The number of benzene rings is 1. The normalized spacial score (nSPS) is 18.8. The van der Waals surface area contributed by atoms with Crippen molar-refractivity contribution >= 4 is 0 Å². The van der Waals surface area contributed by atoms with Crippen LogP contribution in [-0.2, 0) is 0 Å². The van der Waals surface area contributed by atoms with Crippen molar-refractivity contribution in [2.24, 2.45) is 0 Å². The monoisotopic (exact) mass is 210 g/mol. The largest absolute Gasteiger partial charge is 0.207 e. The second-order valence-corrected chi connectivity index (χ2v) is 4.39. The summed E-state index contributed by atoms with van der Waals surface area (Å²) in [7, 11) is 0. The lowest BCUT2D eigenvalue weighted by Crippen LogP contribution is -1.98. The highest BCUT2D eigenvalue weighted by Crippen LogP contribution is 2.32. The summed E-state index contributed by atoms with van der Waals surface area (Å²) in [6.45, 7) is 0. The Bertz CT molecular complexity index is 305. The Hall–Kier alpha value is -0.920. The SMILES string of the molecule is Fc1cc(F)cc(C2CCCCCC2)c1. The van der Waals surface area contributed by atoms with E-state index >= 15 is 0 Å². The van der Waals surface area contributed by atoms with Gasteiger partial charge < -0.3 is 0 Å². The summed E-state index contributed by atoms with van der Waals surface area (Å²) < 4.78 is 26.1. The van der Waals surface area contributed by atoms with Gasteiger partial charge in [0.05, 0.1) is 0 Å². The van der Waals surface area contributed by atoms with E-state index in [1.165, 1.54) is 37.8 Å². The van der Waals surface area contributed by atoms with Gasteiger partial charge in [-0.05, 0) is 36.5 Å². The maximum atomic E-state index is 13.0. The molecule has 82 valence electrons. The molecule has 1 aliphatic rings. The zero-order valence-electron chi connectivity index (χ0n) is 8.81. The Morgan fingerprint density at radius 2 is 1.33 bits per heavy atom. The minimum Gasteiger partial charge on any atom is -0.207 e. The lowest BCUT2D eigenvalue weighted by molar-refractivity contribution is 0.553. The van der Waals surface area contributed by atoms with Gasteiger partial charge in [-0.1, -0.05) is 25.7 Å². The number of halogens is 2. The van der Waals surface area contributed by atoms with Crippen molar-refractivity contribution in [3.05, 3.63) is 35.4 Å². The van der Waals surface area contributed by atoms with Gasteiger partial charge in [-0.25, -0.2) is 8.78 Å². The second-order valence-electron chi connectivity index (χ2n) is 4.39. The van der Waals surface area contributed by atoms with Gasteiger partial charge in [0.15, 0.2) is 0 Å². The molecule has 0 spiro atoms. The Balaban J connectivity index is 2.19. The average molecular weight is 210 g/mol. The average Bonchev–Trinajstić information content (AvgIpc) is 2.43. The highest BCUT2D eigenvalue weighted by Gasteiger charge is 2.15. The maximum absolute atomic E-state index is 13.0. The third kappa shape index (κ3) is 2.77. The Morgan fingerprint density at radius 1 is 0.800 bits per heavy atom. The lowest BCUT2D eigenvalue weighted by Gasteiger charge is -2.14. The first-order valence-corrected chi connectivity index (χ1v) is 5.72. The zero-order chi connectivity index (χ0) is 10.7. The van der Waals surface area contributed by atoms with Crippen LogP contribution in [-0.4, -0.2) is 0 Å². The van der Waals surface area contributed by atoms with E-state index in [1.807, 2.05) is 0 Å². The summed E-state index contributed by atoms with van der Waals surface area (Å²) in [6.07, 6.45) is 7.03. The molecule has 2 heteroatoms. The predicted molar refractivity (Wildman–Crippen MR) is 56.8 cm³/mol. The third-order valence-corrected chi connectivity index (χ3v) is 3.21. The van der Waals surface area contributed by atoms with Crippen LogP contribution in [0.15, 0.2) is 18.2 Å². The van der Waals surface area contributed by atoms with Gasteiger partial charge in [-0.2, -0.15) is 0 Å². The van der Waals surface area contributed by atoms with Crippen LogP contribution in [0.1, 0.15) is 50.0 Å². The van der Waals surface area contributed by atoms with Gasteiger partial charge in [0.1, 0.15) is 11.6 Å². The summed E-state index contributed by atoms with van der Waals surface area (Å²) in [6, 6.07) is 3.92. The molecule has 0 amide bonds. The Kier molecular flexibility index (Phi) is 3.34. The molecule has 0 aliphatic heterocycles. The molecular weight excluding hydrogens is 194 g/mol. The molecule has 15 heavy (non-hydrogen) atoms. The fourth-order valence-corrected chi connectivity index (χ4v) is 2.42. The molecule has 0 atom stereocenters. The predicted octanol–water partition coefficient (Wildman–Crippen LogP) is 4.40. The molecule has 1 aromatic rings. The topological polar surface area (TPSA) is 0 Å². The quantitative estimate of drug-likeness (QED) is 0.602. The fraction of sp³-hybridized carbons (Fsp3) is 0.538. The molecule has 1 saturated carbocycles. The van der Waals surface area contributed by atoms with Crippen LogP contribution in [0.4, 0.5) is 8.78 Å². The van der Waals surface area contributed by atoms with E-state index in [4.69, 9.17) is 0 Å². The van der Waals surface area contributed by atoms with Crippen LogP contribution in [0.5, 0.6) is 0 Å². The summed E-state index contributed by atoms with van der Waals surface area (Å²) in [4.78, 5) is 0. The van der Waals surface area contributed by atoms with E-state index in [0.717, 1.165) is 24.5 Å². The van der Waals surface area contributed by atoms with Crippen LogP contribution < -0.4 is 0 Å². The van der Waals surface area contributed by atoms with Gasteiger partial charge in [0, 0.05) is 6.07 Å². The third-order valence-electron chi connectivity index (χ3n) is 3.21. The van der Waals surface area contributed by atoms with Gasteiger partial charge >= 0.3 is 0 Å². The lowest BCUT2D eigenvalue weighted by atomic mass is 9.92. The molecule has 1 aromatic carbocycles. The molecule has 0 radical (unpaired) electrons. The van der Waals surface area contributed by atoms with Gasteiger partial charge in [-0.15, -0.1) is 0 Å². The van der Waals surface area contributed by atoms with E-state index in [-0.39, 0.29) is 0 Å². The van der Waals surface area contributed by atoms with Crippen molar-refractivity contribution in [2.45, 2.75) is 44.4 Å². The van der Waals surface area contributed by atoms with E-state index in [2.05, 4.69) is 0 Å².